The molecule has 1 N–H and O–H groups in total. The smallest absolute Gasteiger partial charge is 0.333 e. The third kappa shape index (κ3) is 4.61. The number of fused-ring (bicyclic) bond motifs is 1. The van der Waals surface area contributed by atoms with Gasteiger partial charge in [-0.25, -0.2) is 24.1 Å². The Morgan fingerprint density at radius 1 is 1.05 bits per heavy atom. The lowest BCUT2D eigenvalue weighted by Gasteiger charge is -2.11. The van der Waals surface area contributed by atoms with Crippen molar-refractivity contribution in [1.29, 1.82) is 0 Å². The van der Waals surface area contributed by atoms with Crippen LogP contribution in [0.1, 0.15) is 36.7 Å². The van der Waals surface area contributed by atoms with Crippen molar-refractivity contribution in [3.05, 3.63) is 82.2 Å². The van der Waals surface area contributed by atoms with E-state index in [1.54, 1.807) is 24.3 Å². The van der Waals surface area contributed by atoms with Crippen LogP contribution >= 0.6 is 0 Å². The van der Waals surface area contributed by atoms with Gasteiger partial charge in [0, 0.05) is 24.4 Å². The fourth-order valence-corrected chi connectivity index (χ4v) is 4.12. The molecule has 0 saturated heterocycles. The van der Waals surface area contributed by atoms with Gasteiger partial charge in [0.25, 0.3) is 0 Å². The number of H-pyrrole nitrogens is 1. The maximum absolute atomic E-state index is 14.0. The van der Waals surface area contributed by atoms with Crippen molar-refractivity contribution in [1.82, 2.24) is 34.1 Å². The molecule has 37 heavy (non-hydrogen) atoms. The number of benzene rings is 1. The van der Waals surface area contributed by atoms with Crippen LogP contribution in [0.25, 0.3) is 33.9 Å². The molecule has 0 aliphatic heterocycles. The highest BCUT2D eigenvalue weighted by Crippen LogP contribution is 2.31. The summed E-state index contributed by atoms with van der Waals surface area (Å²) < 4.78 is 55.7. The molecular formula is C25H21F4N7O. The van der Waals surface area contributed by atoms with Gasteiger partial charge in [-0.05, 0) is 17.5 Å². The Kier molecular flexibility index (Phi) is 5.89. The SMILES string of the molecule is CC(C)c1ncc(F)cc1-c1ncc2[nH]c(=O)n(Cc3ccc(-c4nc(C(F)(F)F)cn4C)cc3)c2n1. The van der Waals surface area contributed by atoms with Crippen molar-refractivity contribution in [2.75, 3.05) is 0 Å². The van der Waals surface area contributed by atoms with Crippen LogP contribution in [0.5, 0.6) is 0 Å². The number of hydrogen-bond acceptors (Lipinski definition) is 5. The molecule has 0 unspecified atom stereocenters. The highest BCUT2D eigenvalue weighted by molar-refractivity contribution is 5.73. The van der Waals surface area contributed by atoms with Gasteiger partial charge in [0.05, 0.1) is 24.6 Å². The number of alkyl halides is 3. The van der Waals surface area contributed by atoms with Crippen molar-refractivity contribution in [2.24, 2.45) is 7.05 Å². The third-order valence-corrected chi connectivity index (χ3v) is 5.90. The highest BCUT2D eigenvalue weighted by Gasteiger charge is 2.34. The van der Waals surface area contributed by atoms with E-state index < -0.39 is 23.4 Å². The van der Waals surface area contributed by atoms with Gasteiger partial charge in [0.15, 0.2) is 17.2 Å². The Hall–Kier alpha value is -4.35. The Balaban J connectivity index is 1.49. The third-order valence-electron chi connectivity index (χ3n) is 5.90. The van der Waals surface area contributed by atoms with E-state index in [1.165, 1.54) is 28.4 Å². The Morgan fingerprint density at radius 2 is 1.78 bits per heavy atom. The van der Waals surface area contributed by atoms with Crippen LogP contribution in [0.4, 0.5) is 17.6 Å². The zero-order valence-corrected chi connectivity index (χ0v) is 20.0. The van der Waals surface area contributed by atoms with Crippen molar-refractivity contribution < 1.29 is 17.6 Å². The van der Waals surface area contributed by atoms with Crippen LogP contribution in [0, 0.1) is 5.82 Å². The first-order valence-electron chi connectivity index (χ1n) is 11.3. The van der Waals surface area contributed by atoms with E-state index in [0.29, 0.717) is 33.5 Å². The molecule has 4 aromatic heterocycles. The van der Waals surface area contributed by atoms with Crippen LogP contribution in [0.2, 0.25) is 0 Å². The molecule has 0 aliphatic carbocycles. The van der Waals surface area contributed by atoms with Crippen LogP contribution in [-0.4, -0.2) is 34.1 Å². The summed E-state index contributed by atoms with van der Waals surface area (Å²) in [5.74, 6) is -0.121. The summed E-state index contributed by atoms with van der Waals surface area (Å²) in [5.41, 5.74) is 1.64. The van der Waals surface area contributed by atoms with Crippen molar-refractivity contribution in [3.63, 3.8) is 0 Å². The second kappa shape index (κ2) is 8.95. The van der Waals surface area contributed by atoms with Crippen LogP contribution in [0.15, 0.2) is 53.7 Å². The molecular weight excluding hydrogens is 490 g/mol. The second-order valence-corrected chi connectivity index (χ2v) is 8.94. The van der Waals surface area contributed by atoms with E-state index in [9.17, 15) is 22.4 Å². The van der Waals surface area contributed by atoms with E-state index in [1.807, 2.05) is 13.8 Å². The first-order valence-corrected chi connectivity index (χ1v) is 11.3. The van der Waals surface area contributed by atoms with Gasteiger partial charge in [0.2, 0.25) is 0 Å². The van der Waals surface area contributed by atoms with E-state index in [0.717, 1.165) is 12.4 Å². The zero-order valence-electron chi connectivity index (χ0n) is 20.0. The molecule has 5 aromatic rings. The predicted molar refractivity (Wildman–Crippen MR) is 128 cm³/mol. The summed E-state index contributed by atoms with van der Waals surface area (Å²) in [7, 11) is 1.49. The Bertz CT molecular complexity index is 1660. The van der Waals surface area contributed by atoms with Crippen molar-refractivity contribution >= 4 is 11.2 Å². The number of aromatic nitrogens is 7. The second-order valence-electron chi connectivity index (χ2n) is 8.94. The summed E-state index contributed by atoms with van der Waals surface area (Å²) in [6.45, 7) is 3.99. The largest absolute Gasteiger partial charge is 0.434 e. The number of nitrogens with one attached hydrogen (secondary N) is 1. The Labute approximate surface area is 207 Å². The van der Waals surface area contributed by atoms with Gasteiger partial charge in [-0.1, -0.05) is 38.1 Å². The van der Waals surface area contributed by atoms with Crippen molar-refractivity contribution in [3.8, 4) is 22.8 Å². The zero-order chi connectivity index (χ0) is 26.5. The van der Waals surface area contributed by atoms with E-state index >= 15 is 0 Å². The summed E-state index contributed by atoms with van der Waals surface area (Å²) in [4.78, 5) is 32.1. The van der Waals surface area contributed by atoms with E-state index in [4.69, 9.17) is 0 Å². The average Bonchev–Trinajstić information content (AvgIpc) is 3.38. The quantitative estimate of drug-likeness (QED) is 0.339. The molecule has 0 aliphatic rings. The van der Waals surface area contributed by atoms with Crippen molar-refractivity contribution in [2.45, 2.75) is 32.5 Å². The van der Waals surface area contributed by atoms with Gasteiger partial charge in [-0.15, -0.1) is 0 Å². The highest BCUT2D eigenvalue weighted by atomic mass is 19.4. The summed E-state index contributed by atoms with van der Waals surface area (Å²) in [6, 6.07) is 8.02. The molecule has 4 heterocycles. The first kappa shape index (κ1) is 24.3. The minimum absolute atomic E-state index is 0.00671. The lowest BCUT2D eigenvalue weighted by Crippen LogP contribution is -2.17. The van der Waals surface area contributed by atoms with Gasteiger partial charge in [-0.3, -0.25) is 9.55 Å². The summed E-state index contributed by atoms with van der Waals surface area (Å²) >= 11 is 0. The van der Waals surface area contributed by atoms with Crippen LogP contribution < -0.4 is 5.69 Å². The number of hydrogen-bond donors (Lipinski definition) is 1. The fourth-order valence-electron chi connectivity index (χ4n) is 4.12. The minimum Gasteiger partial charge on any atom is -0.333 e. The summed E-state index contributed by atoms with van der Waals surface area (Å²) in [6.07, 6.45) is -0.995. The number of halogens is 4. The van der Waals surface area contributed by atoms with E-state index in [2.05, 4.69) is 24.9 Å². The van der Waals surface area contributed by atoms with E-state index in [-0.39, 0.29) is 24.1 Å². The molecule has 5 rings (SSSR count). The molecule has 0 amide bonds. The molecule has 0 atom stereocenters. The number of rotatable bonds is 5. The Morgan fingerprint density at radius 3 is 2.43 bits per heavy atom. The molecule has 0 fully saturated rings. The monoisotopic (exact) mass is 511 g/mol. The number of aromatic amines is 1. The molecule has 0 radical (unpaired) electrons. The normalized spacial score (nSPS) is 12.1. The van der Waals surface area contributed by atoms with Gasteiger partial charge in [-0.2, -0.15) is 13.2 Å². The van der Waals surface area contributed by atoms with Crippen LogP contribution in [0.3, 0.4) is 0 Å². The predicted octanol–water partition coefficient (Wildman–Crippen LogP) is 4.91. The maximum Gasteiger partial charge on any atom is 0.434 e. The molecule has 0 spiro atoms. The molecule has 0 saturated carbocycles. The molecule has 190 valence electrons. The molecule has 12 heteroatoms. The first-order chi connectivity index (χ1) is 17.5. The topological polar surface area (TPSA) is 94.3 Å². The van der Waals surface area contributed by atoms with Gasteiger partial charge >= 0.3 is 11.9 Å². The molecule has 8 nitrogen and oxygen atoms in total. The lowest BCUT2D eigenvalue weighted by molar-refractivity contribution is -0.140. The number of aryl methyl sites for hydroxylation is 1. The minimum atomic E-state index is -4.54. The number of imidazole rings is 2. The maximum atomic E-state index is 14.0. The molecule has 0 bridgehead atoms. The van der Waals surface area contributed by atoms with Gasteiger partial charge in [0.1, 0.15) is 17.2 Å². The fraction of sp³-hybridized carbons (Fsp3) is 0.240. The summed E-state index contributed by atoms with van der Waals surface area (Å²) in [5, 5.41) is 0. The lowest BCUT2D eigenvalue weighted by atomic mass is 10.0. The standard InChI is InChI=1S/C25H21F4N7O/c1-13(2)20-17(8-16(26)9-30-20)21-31-10-18-23(34-21)36(24(37)32-18)11-14-4-6-15(7-5-14)22-33-19(12-35(22)3)25(27,28)29/h4-10,12-13H,11H2,1-3H3,(H,32,37). The molecule has 1 aromatic carbocycles. The van der Waals surface area contributed by atoms with Gasteiger partial charge < -0.3 is 9.55 Å². The number of pyridine rings is 1. The average molecular weight is 511 g/mol. The number of nitrogens with zero attached hydrogens (tertiary/aromatic N) is 6. The van der Waals surface area contributed by atoms with Crippen LogP contribution in [-0.2, 0) is 19.8 Å².